The van der Waals surface area contributed by atoms with Crippen molar-refractivity contribution in [3.05, 3.63) is 35.4 Å². The molecule has 2 N–H and O–H groups in total. The molecule has 0 aliphatic carbocycles. The molecular formula is C19H29N3O2. The van der Waals surface area contributed by atoms with Gasteiger partial charge in [0, 0.05) is 39.3 Å². The van der Waals surface area contributed by atoms with Crippen LogP contribution in [0, 0.1) is 5.92 Å². The molecule has 0 radical (unpaired) electrons. The number of nitrogens with zero attached hydrogens (tertiary/aromatic N) is 2. The van der Waals surface area contributed by atoms with Crippen molar-refractivity contribution in [2.75, 3.05) is 32.7 Å². The Morgan fingerprint density at radius 2 is 2.08 bits per heavy atom. The minimum atomic E-state index is -0.391. The second kappa shape index (κ2) is 7.99. The molecule has 2 aliphatic rings. The predicted octanol–water partition coefficient (Wildman–Crippen LogP) is 1.85. The standard InChI is InChI=1S/C19H29N3O2/c1-15-7-12-22(14-18(15)23)19(24)20-9-4-10-21-11-8-16-5-2-3-6-17(16)13-21/h2-3,5-6,15,18,23H,4,7-14H2,1H3,(H,20,24). The molecule has 2 aliphatic heterocycles. The number of benzene rings is 1. The number of β-amino-alcohol motifs (C(OH)–C–C–N with tert-alkyl or cyclic N) is 1. The third kappa shape index (κ3) is 4.28. The normalized spacial score (nSPS) is 24.5. The van der Waals surface area contributed by atoms with E-state index in [0.29, 0.717) is 13.1 Å². The van der Waals surface area contributed by atoms with Gasteiger partial charge in [-0.15, -0.1) is 0 Å². The molecule has 3 rings (SSSR count). The van der Waals surface area contributed by atoms with Crippen LogP contribution in [0.4, 0.5) is 4.79 Å². The number of carbonyl (C=O) groups is 1. The van der Waals surface area contributed by atoms with Gasteiger partial charge < -0.3 is 15.3 Å². The van der Waals surface area contributed by atoms with Crippen LogP contribution in [-0.4, -0.2) is 59.8 Å². The number of hydrogen-bond acceptors (Lipinski definition) is 3. The molecule has 2 amide bonds. The van der Waals surface area contributed by atoms with Crippen molar-refractivity contribution >= 4 is 6.03 Å². The van der Waals surface area contributed by atoms with Crippen LogP contribution in [0.25, 0.3) is 0 Å². The molecule has 0 saturated carbocycles. The highest BCUT2D eigenvalue weighted by Gasteiger charge is 2.27. The van der Waals surface area contributed by atoms with Crippen LogP contribution in [0.5, 0.6) is 0 Å². The lowest BCUT2D eigenvalue weighted by atomic mass is 9.96. The number of likely N-dealkylation sites (tertiary alicyclic amines) is 1. The molecule has 1 aromatic rings. The summed E-state index contributed by atoms with van der Waals surface area (Å²) in [6.07, 6.45) is 2.56. The highest BCUT2D eigenvalue weighted by Crippen LogP contribution is 2.18. The largest absolute Gasteiger partial charge is 0.391 e. The molecule has 5 heteroatoms. The molecule has 2 atom stereocenters. The van der Waals surface area contributed by atoms with Gasteiger partial charge in [0.2, 0.25) is 0 Å². The third-order valence-electron chi connectivity index (χ3n) is 5.34. The Labute approximate surface area is 144 Å². The fourth-order valence-corrected chi connectivity index (χ4v) is 3.59. The Bertz CT molecular complexity index is 563. The van der Waals surface area contributed by atoms with Gasteiger partial charge in [0.15, 0.2) is 0 Å². The molecule has 2 heterocycles. The first kappa shape index (κ1) is 17.2. The number of rotatable bonds is 4. The molecule has 0 aromatic heterocycles. The van der Waals surface area contributed by atoms with Gasteiger partial charge in [0.1, 0.15) is 0 Å². The smallest absolute Gasteiger partial charge is 0.317 e. The summed E-state index contributed by atoms with van der Waals surface area (Å²) in [7, 11) is 0. The quantitative estimate of drug-likeness (QED) is 0.828. The summed E-state index contributed by atoms with van der Waals surface area (Å²) in [6.45, 7) is 7.05. The minimum Gasteiger partial charge on any atom is -0.391 e. The zero-order valence-corrected chi connectivity index (χ0v) is 14.6. The Balaban J connectivity index is 1.35. The summed E-state index contributed by atoms with van der Waals surface area (Å²) < 4.78 is 0. The highest BCUT2D eigenvalue weighted by atomic mass is 16.3. The highest BCUT2D eigenvalue weighted by molar-refractivity contribution is 5.74. The van der Waals surface area contributed by atoms with Gasteiger partial charge >= 0.3 is 6.03 Å². The Morgan fingerprint density at radius 3 is 2.88 bits per heavy atom. The van der Waals surface area contributed by atoms with E-state index >= 15 is 0 Å². The number of hydrogen-bond donors (Lipinski definition) is 2. The molecule has 1 saturated heterocycles. The maximum atomic E-state index is 12.2. The van der Waals surface area contributed by atoms with Crippen molar-refractivity contribution in [2.24, 2.45) is 5.92 Å². The first-order chi connectivity index (χ1) is 11.6. The number of aliphatic hydroxyl groups is 1. The minimum absolute atomic E-state index is 0.0371. The summed E-state index contributed by atoms with van der Waals surface area (Å²) >= 11 is 0. The zero-order valence-electron chi connectivity index (χ0n) is 14.6. The Morgan fingerprint density at radius 1 is 1.29 bits per heavy atom. The van der Waals surface area contributed by atoms with E-state index in [1.54, 1.807) is 4.90 Å². The van der Waals surface area contributed by atoms with E-state index in [1.165, 1.54) is 11.1 Å². The monoisotopic (exact) mass is 331 g/mol. The molecule has 132 valence electrons. The first-order valence-corrected chi connectivity index (χ1v) is 9.13. The average Bonchev–Trinajstić information content (AvgIpc) is 2.60. The molecule has 1 aromatic carbocycles. The van der Waals surface area contributed by atoms with Crippen molar-refractivity contribution in [1.29, 1.82) is 0 Å². The number of carbonyl (C=O) groups excluding carboxylic acids is 1. The van der Waals surface area contributed by atoms with Gasteiger partial charge in [0.25, 0.3) is 0 Å². The topological polar surface area (TPSA) is 55.8 Å². The van der Waals surface area contributed by atoms with Crippen LogP contribution in [0.2, 0.25) is 0 Å². The fraction of sp³-hybridized carbons (Fsp3) is 0.632. The number of urea groups is 1. The van der Waals surface area contributed by atoms with Crippen LogP contribution in [0.1, 0.15) is 30.9 Å². The van der Waals surface area contributed by atoms with E-state index in [0.717, 1.165) is 45.4 Å². The van der Waals surface area contributed by atoms with Crippen LogP contribution in [0.15, 0.2) is 24.3 Å². The van der Waals surface area contributed by atoms with Crippen molar-refractivity contribution < 1.29 is 9.90 Å². The summed E-state index contributed by atoms with van der Waals surface area (Å²) in [5.41, 5.74) is 2.91. The molecule has 1 fully saturated rings. The fourth-order valence-electron chi connectivity index (χ4n) is 3.59. The van der Waals surface area contributed by atoms with E-state index in [-0.39, 0.29) is 11.9 Å². The Kier molecular flexibility index (Phi) is 5.74. The second-order valence-corrected chi connectivity index (χ2v) is 7.16. The first-order valence-electron chi connectivity index (χ1n) is 9.13. The molecule has 5 nitrogen and oxygen atoms in total. The van der Waals surface area contributed by atoms with Gasteiger partial charge in [-0.1, -0.05) is 31.2 Å². The van der Waals surface area contributed by atoms with Gasteiger partial charge in [-0.25, -0.2) is 4.79 Å². The second-order valence-electron chi connectivity index (χ2n) is 7.16. The lowest BCUT2D eigenvalue weighted by Crippen LogP contribution is -2.50. The zero-order chi connectivity index (χ0) is 16.9. The summed E-state index contributed by atoms with van der Waals surface area (Å²) in [5, 5.41) is 12.9. The van der Waals surface area contributed by atoms with Gasteiger partial charge in [-0.3, -0.25) is 4.90 Å². The SMILES string of the molecule is CC1CCN(C(=O)NCCCN2CCc3ccccc3C2)CC1O. The Hall–Kier alpha value is -1.59. The van der Waals surface area contributed by atoms with Crippen LogP contribution in [-0.2, 0) is 13.0 Å². The number of nitrogens with one attached hydrogen (secondary N) is 1. The number of fused-ring (bicyclic) bond motifs is 1. The number of piperidine rings is 1. The summed E-state index contributed by atoms with van der Waals surface area (Å²) in [5.74, 6) is 0.288. The molecule has 0 spiro atoms. The van der Waals surface area contributed by atoms with E-state index in [2.05, 4.69) is 34.5 Å². The molecule has 0 bridgehead atoms. The lowest BCUT2D eigenvalue weighted by Gasteiger charge is -2.34. The summed E-state index contributed by atoms with van der Waals surface area (Å²) in [6, 6.07) is 8.62. The lowest BCUT2D eigenvalue weighted by molar-refractivity contribution is 0.0435. The number of aliphatic hydroxyl groups excluding tert-OH is 1. The van der Waals surface area contributed by atoms with Crippen molar-refractivity contribution in [1.82, 2.24) is 15.1 Å². The predicted molar refractivity (Wildman–Crippen MR) is 94.8 cm³/mol. The van der Waals surface area contributed by atoms with Crippen LogP contribution in [0.3, 0.4) is 0 Å². The van der Waals surface area contributed by atoms with Crippen molar-refractivity contribution in [2.45, 2.75) is 38.8 Å². The van der Waals surface area contributed by atoms with E-state index in [1.807, 2.05) is 6.92 Å². The van der Waals surface area contributed by atoms with Crippen LogP contribution >= 0.6 is 0 Å². The third-order valence-corrected chi connectivity index (χ3v) is 5.34. The molecule has 2 unspecified atom stereocenters. The number of amides is 2. The van der Waals surface area contributed by atoms with Crippen molar-refractivity contribution in [3.63, 3.8) is 0 Å². The van der Waals surface area contributed by atoms with Gasteiger partial charge in [-0.05, 0) is 36.3 Å². The maximum absolute atomic E-state index is 12.2. The maximum Gasteiger partial charge on any atom is 0.317 e. The van der Waals surface area contributed by atoms with Crippen LogP contribution < -0.4 is 5.32 Å². The van der Waals surface area contributed by atoms with Gasteiger partial charge in [0.05, 0.1) is 6.10 Å². The average molecular weight is 331 g/mol. The van der Waals surface area contributed by atoms with Crippen molar-refractivity contribution in [3.8, 4) is 0 Å². The van der Waals surface area contributed by atoms with E-state index < -0.39 is 6.10 Å². The van der Waals surface area contributed by atoms with Gasteiger partial charge in [-0.2, -0.15) is 0 Å². The molecule has 24 heavy (non-hydrogen) atoms. The molecular weight excluding hydrogens is 302 g/mol. The van der Waals surface area contributed by atoms with E-state index in [4.69, 9.17) is 0 Å². The summed E-state index contributed by atoms with van der Waals surface area (Å²) in [4.78, 5) is 16.4. The van der Waals surface area contributed by atoms with E-state index in [9.17, 15) is 9.90 Å².